The average molecular weight is 213 g/mol. The smallest absolute Gasteiger partial charge is 0.0158 e. The number of unbranched alkanes of at least 4 members (excludes halogenated alkanes) is 2. The maximum absolute atomic E-state index is 3.80. The predicted molar refractivity (Wildman–Crippen MR) is 70.3 cm³/mol. The average Bonchev–Trinajstić information content (AvgIpc) is 2.09. The lowest BCUT2D eigenvalue weighted by molar-refractivity contribution is 0.224. The molecule has 0 aromatic carbocycles. The van der Waals surface area contributed by atoms with Crippen molar-refractivity contribution in [3.05, 3.63) is 0 Å². The van der Waals surface area contributed by atoms with E-state index in [0.717, 1.165) is 0 Å². The van der Waals surface area contributed by atoms with E-state index in [1.165, 1.54) is 38.5 Å². The summed E-state index contributed by atoms with van der Waals surface area (Å²) < 4.78 is 0. The summed E-state index contributed by atoms with van der Waals surface area (Å²) in [6.07, 6.45) is 7.88. The highest BCUT2D eigenvalue weighted by Gasteiger charge is 2.27. The lowest BCUT2D eigenvalue weighted by Crippen LogP contribution is -2.52. The zero-order valence-corrected chi connectivity index (χ0v) is 11.7. The van der Waals surface area contributed by atoms with Gasteiger partial charge in [-0.15, -0.1) is 0 Å². The van der Waals surface area contributed by atoms with Crippen LogP contribution in [0.4, 0.5) is 0 Å². The predicted octanol–water partition coefficient (Wildman–Crippen LogP) is 4.51. The highest BCUT2D eigenvalue weighted by molar-refractivity contribution is 4.88. The van der Waals surface area contributed by atoms with Gasteiger partial charge in [-0.3, -0.25) is 0 Å². The monoisotopic (exact) mass is 213 g/mol. The van der Waals surface area contributed by atoms with Crippen molar-refractivity contribution in [2.75, 3.05) is 0 Å². The fourth-order valence-electron chi connectivity index (χ4n) is 2.29. The molecule has 92 valence electrons. The molecule has 0 heterocycles. The van der Waals surface area contributed by atoms with Crippen molar-refractivity contribution in [2.45, 2.75) is 91.1 Å². The molecule has 1 heteroatoms. The Balaban J connectivity index is 4.26. The van der Waals surface area contributed by atoms with E-state index < -0.39 is 0 Å². The fourth-order valence-corrected chi connectivity index (χ4v) is 2.29. The number of hydrogen-bond acceptors (Lipinski definition) is 1. The molecule has 0 fully saturated rings. The van der Waals surface area contributed by atoms with E-state index in [2.05, 4.69) is 46.9 Å². The molecule has 0 aliphatic rings. The molecule has 1 nitrogen and oxygen atoms in total. The summed E-state index contributed by atoms with van der Waals surface area (Å²) in [5.74, 6) is 0. The van der Waals surface area contributed by atoms with Crippen LogP contribution in [0.3, 0.4) is 0 Å². The van der Waals surface area contributed by atoms with Gasteiger partial charge < -0.3 is 5.32 Å². The third-order valence-corrected chi connectivity index (χ3v) is 2.84. The van der Waals surface area contributed by atoms with Crippen LogP contribution >= 0.6 is 0 Å². The standard InChI is InChI=1S/C14H31N/c1-7-9-11-14(6,12-10-8-2)15-13(3,4)5/h15H,7-12H2,1-6H3. The minimum Gasteiger partial charge on any atom is -0.307 e. The van der Waals surface area contributed by atoms with Crippen molar-refractivity contribution in [3.63, 3.8) is 0 Å². The Morgan fingerprint density at radius 1 is 0.800 bits per heavy atom. The molecule has 0 atom stereocenters. The largest absolute Gasteiger partial charge is 0.307 e. The van der Waals surface area contributed by atoms with Crippen molar-refractivity contribution < 1.29 is 0 Å². The first-order valence-corrected chi connectivity index (χ1v) is 6.62. The van der Waals surface area contributed by atoms with Gasteiger partial charge in [-0.2, -0.15) is 0 Å². The summed E-state index contributed by atoms with van der Waals surface area (Å²) in [5, 5.41) is 3.80. The molecule has 0 spiro atoms. The normalized spacial score (nSPS) is 13.2. The summed E-state index contributed by atoms with van der Waals surface area (Å²) in [6.45, 7) is 13.7. The highest BCUT2D eigenvalue weighted by atomic mass is 15.0. The van der Waals surface area contributed by atoms with Crippen molar-refractivity contribution in [1.29, 1.82) is 0 Å². The molecule has 1 N–H and O–H groups in total. The third kappa shape index (κ3) is 7.84. The van der Waals surface area contributed by atoms with E-state index in [9.17, 15) is 0 Å². The van der Waals surface area contributed by atoms with Gasteiger partial charge in [-0.1, -0.05) is 39.5 Å². The minimum absolute atomic E-state index is 0.232. The van der Waals surface area contributed by atoms with E-state index in [1.54, 1.807) is 0 Å². The summed E-state index contributed by atoms with van der Waals surface area (Å²) in [5.41, 5.74) is 0.570. The lowest BCUT2D eigenvalue weighted by Gasteiger charge is -2.38. The first-order valence-electron chi connectivity index (χ1n) is 6.62. The van der Waals surface area contributed by atoms with Crippen LogP contribution in [0.5, 0.6) is 0 Å². The second kappa shape index (κ2) is 6.52. The Morgan fingerprint density at radius 3 is 1.47 bits per heavy atom. The Labute approximate surface area is 97.0 Å². The Morgan fingerprint density at radius 2 is 1.20 bits per heavy atom. The maximum atomic E-state index is 3.80. The zero-order chi connectivity index (χ0) is 11.9. The van der Waals surface area contributed by atoms with Crippen molar-refractivity contribution in [2.24, 2.45) is 0 Å². The molecule has 0 saturated heterocycles. The number of nitrogens with one attached hydrogen (secondary N) is 1. The third-order valence-electron chi connectivity index (χ3n) is 2.84. The van der Waals surface area contributed by atoms with Crippen molar-refractivity contribution in [1.82, 2.24) is 5.32 Å². The van der Waals surface area contributed by atoms with Gasteiger partial charge in [0.1, 0.15) is 0 Å². The first kappa shape index (κ1) is 15.0. The van der Waals surface area contributed by atoms with E-state index in [-0.39, 0.29) is 5.54 Å². The lowest BCUT2D eigenvalue weighted by atomic mass is 9.86. The van der Waals surface area contributed by atoms with Crippen LogP contribution in [-0.2, 0) is 0 Å². The van der Waals surface area contributed by atoms with Gasteiger partial charge in [-0.05, 0) is 40.5 Å². The quantitative estimate of drug-likeness (QED) is 0.656. The molecule has 0 aliphatic carbocycles. The summed E-state index contributed by atoms with van der Waals surface area (Å²) in [4.78, 5) is 0. The van der Waals surface area contributed by atoms with E-state index in [4.69, 9.17) is 0 Å². The SMILES string of the molecule is CCCCC(C)(CCCC)NC(C)(C)C. The Bertz CT molecular complexity index is 147. The topological polar surface area (TPSA) is 12.0 Å². The molecule has 0 bridgehead atoms. The van der Waals surface area contributed by atoms with Gasteiger partial charge in [0.15, 0.2) is 0 Å². The molecule has 0 rings (SSSR count). The van der Waals surface area contributed by atoms with Gasteiger partial charge in [0.05, 0.1) is 0 Å². The highest BCUT2D eigenvalue weighted by Crippen LogP contribution is 2.23. The molecule has 0 aliphatic heterocycles. The van der Waals surface area contributed by atoms with Crippen LogP contribution < -0.4 is 5.32 Å². The summed E-state index contributed by atoms with van der Waals surface area (Å²) >= 11 is 0. The van der Waals surface area contributed by atoms with Crippen LogP contribution in [0, 0.1) is 0 Å². The van der Waals surface area contributed by atoms with Gasteiger partial charge in [0.2, 0.25) is 0 Å². The van der Waals surface area contributed by atoms with E-state index >= 15 is 0 Å². The minimum atomic E-state index is 0.232. The van der Waals surface area contributed by atoms with Crippen LogP contribution in [0.2, 0.25) is 0 Å². The Kier molecular flexibility index (Phi) is 6.51. The first-order chi connectivity index (χ1) is 6.83. The van der Waals surface area contributed by atoms with Crippen molar-refractivity contribution in [3.8, 4) is 0 Å². The second-order valence-electron chi connectivity index (χ2n) is 6.14. The molecule has 0 saturated carbocycles. The second-order valence-corrected chi connectivity index (χ2v) is 6.14. The molecule has 0 aromatic heterocycles. The van der Waals surface area contributed by atoms with Gasteiger partial charge >= 0.3 is 0 Å². The molecule has 0 unspecified atom stereocenters. The van der Waals surface area contributed by atoms with Crippen LogP contribution in [0.1, 0.15) is 80.1 Å². The maximum Gasteiger partial charge on any atom is 0.0158 e. The van der Waals surface area contributed by atoms with Gasteiger partial charge in [0, 0.05) is 11.1 Å². The summed E-state index contributed by atoms with van der Waals surface area (Å²) in [7, 11) is 0. The molecule has 0 amide bonds. The molecule has 0 radical (unpaired) electrons. The zero-order valence-electron chi connectivity index (χ0n) is 11.7. The van der Waals surface area contributed by atoms with Crippen LogP contribution in [0.15, 0.2) is 0 Å². The van der Waals surface area contributed by atoms with Crippen LogP contribution in [0.25, 0.3) is 0 Å². The van der Waals surface area contributed by atoms with Crippen molar-refractivity contribution >= 4 is 0 Å². The number of hydrogen-bond donors (Lipinski definition) is 1. The Hall–Kier alpha value is -0.0400. The molecular formula is C14H31N. The molecule has 15 heavy (non-hydrogen) atoms. The molecule has 0 aromatic rings. The van der Waals surface area contributed by atoms with E-state index in [0.29, 0.717) is 5.54 Å². The van der Waals surface area contributed by atoms with Gasteiger partial charge in [-0.25, -0.2) is 0 Å². The fraction of sp³-hybridized carbons (Fsp3) is 1.00. The molecular weight excluding hydrogens is 182 g/mol. The number of rotatable bonds is 7. The summed E-state index contributed by atoms with van der Waals surface area (Å²) in [6, 6.07) is 0. The van der Waals surface area contributed by atoms with Gasteiger partial charge in [0.25, 0.3) is 0 Å². The van der Waals surface area contributed by atoms with E-state index in [1.807, 2.05) is 0 Å². The van der Waals surface area contributed by atoms with Crippen LogP contribution in [-0.4, -0.2) is 11.1 Å².